The molecule has 0 saturated carbocycles. The molecule has 4 heterocycles. The van der Waals surface area contributed by atoms with E-state index >= 15 is 4.79 Å². The van der Waals surface area contributed by atoms with E-state index in [1.54, 1.807) is 48.5 Å². The summed E-state index contributed by atoms with van der Waals surface area (Å²) in [7, 11) is 0. The average molecular weight is 597 g/mol. The van der Waals surface area contributed by atoms with Gasteiger partial charge in [0, 0.05) is 17.5 Å². The van der Waals surface area contributed by atoms with Crippen molar-refractivity contribution < 1.29 is 28.6 Å². The van der Waals surface area contributed by atoms with Crippen molar-refractivity contribution >= 4 is 29.2 Å². The highest BCUT2D eigenvalue weighted by Gasteiger charge is 2.71. The van der Waals surface area contributed by atoms with Crippen LogP contribution in [-0.4, -0.2) is 41.8 Å². The van der Waals surface area contributed by atoms with Gasteiger partial charge in [0.05, 0.1) is 17.5 Å². The number of nitrogens with zero attached hydrogens (tertiary/aromatic N) is 1. The van der Waals surface area contributed by atoms with Gasteiger partial charge in [0.15, 0.2) is 23.1 Å². The number of anilines is 1. The number of carbonyl (C=O) groups excluding carboxylic acids is 3. The molecule has 0 aromatic heterocycles. The van der Waals surface area contributed by atoms with Gasteiger partial charge in [-0.3, -0.25) is 14.4 Å². The lowest BCUT2D eigenvalue weighted by molar-refractivity contribution is -0.122. The van der Waals surface area contributed by atoms with E-state index in [1.165, 1.54) is 0 Å². The minimum Gasteiger partial charge on any atom is -0.489 e. The summed E-state index contributed by atoms with van der Waals surface area (Å²) >= 11 is 0. The lowest BCUT2D eigenvalue weighted by Crippen LogP contribution is -2.49. The molecule has 1 saturated heterocycles. The second-order valence-corrected chi connectivity index (χ2v) is 11.5. The van der Waals surface area contributed by atoms with Crippen molar-refractivity contribution in [3.8, 4) is 17.2 Å². The molecule has 8 rings (SSSR count). The SMILES string of the molecule is C=CCOc1ccccc1C(=O)[C@@H]1[C@H](C(=O)c2ccc3c(c2)OCO3)N2C=Cc3ccccc3[C@H]2[C@@]12C(=O)Nc1ccccc12. The summed E-state index contributed by atoms with van der Waals surface area (Å²) in [5.41, 5.74) is 2.29. The van der Waals surface area contributed by atoms with Crippen molar-refractivity contribution in [2.24, 2.45) is 5.92 Å². The van der Waals surface area contributed by atoms with Gasteiger partial charge in [0.1, 0.15) is 23.8 Å². The van der Waals surface area contributed by atoms with Crippen LogP contribution in [0, 0.1) is 5.92 Å². The van der Waals surface area contributed by atoms with Crippen LogP contribution in [0.25, 0.3) is 6.08 Å². The number of nitrogens with one attached hydrogen (secondary N) is 1. The maximum absolute atomic E-state index is 15.2. The van der Waals surface area contributed by atoms with E-state index < -0.39 is 23.4 Å². The number of fused-ring (bicyclic) bond motifs is 7. The van der Waals surface area contributed by atoms with Crippen molar-refractivity contribution in [3.05, 3.63) is 138 Å². The van der Waals surface area contributed by atoms with Crippen molar-refractivity contribution in [1.29, 1.82) is 0 Å². The highest BCUT2D eigenvalue weighted by molar-refractivity contribution is 6.17. The van der Waals surface area contributed by atoms with E-state index in [-0.39, 0.29) is 30.9 Å². The van der Waals surface area contributed by atoms with E-state index in [0.29, 0.717) is 39.6 Å². The maximum atomic E-state index is 15.2. The summed E-state index contributed by atoms with van der Waals surface area (Å²) in [5, 5.41) is 3.08. The fourth-order valence-corrected chi connectivity index (χ4v) is 7.50. The predicted molar refractivity (Wildman–Crippen MR) is 167 cm³/mol. The Bertz CT molecular complexity index is 1950. The van der Waals surface area contributed by atoms with Crippen LogP contribution in [0.3, 0.4) is 0 Å². The number of ether oxygens (including phenoxy) is 3. The Balaban J connectivity index is 1.40. The van der Waals surface area contributed by atoms with Crippen LogP contribution >= 0.6 is 0 Å². The molecule has 0 bridgehead atoms. The van der Waals surface area contributed by atoms with Crippen LogP contribution in [0.1, 0.15) is 43.4 Å². The maximum Gasteiger partial charge on any atom is 0.238 e. The third kappa shape index (κ3) is 3.81. The van der Waals surface area contributed by atoms with Crippen molar-refractivity contribution in [3.63, 3.8) is 0 Å². The summed E-state index contributed by atoms with van der Waals surface area (Å²) < 4.78 is 17.0. The van der Waals surface area contributed by atoms with Crippen LogP contribution in [0.15, 0.2) is 110 Å². The molecule has 1 amide bonds. The summed E-state index contributed by atoms with van der Waals surface area (Å²) in [6, 6.07) is 25.6. The van der Waals surface area contributed by atoms with Crippen LogP contribution in [0.5, 0.6) is 17.2 Å². The fourth-order valence-electron chi connectivity index (χ4n) is 7.50. The third-order valence-corrected chi connectivity index (χ3v) is 9.29. The Morgan fingerprint density at radius 1 is 0.956 bits per heavy atom. The number of hydrogen-bond donors (Lipinski definition) is 1. The molecular weight excluding hydrogens is 568 g/mol. The first-order valence-corrected chi connectivity index (χ1v) is 14.8. The Labute approximate surface area is 259 Å². The Morgan fingerprint density at radius 2 is 1.73 bits per heavy atom. The molecule has 1 N–H and O–H groups in total. The number of Topliss-reactive ketones (excluding diaryl/α,β-unsaturated/α-hetero) is 2. The number of carbonyl (C=O) groups is 3. The number of hydrogen-bond acceptors (Lipinski definition) is 7. The van der Waals surface area contributed by atoms with Crippen LogP contribution in [0.2, 0.25) is 0 Å². The van der Waals surface area contributed by atoms with Gasteiger partial charge in [-0.2, -0.15) is 0 Å². The van der Waals surface area contributed by atoms with E-state index in [2.05, 4.69) is 11.9 Å². The summed E-state index contributed by atoms with van der Waals surface area (Å²) in [5.74, 6) is -0.760. The predicted octanol–water partition coefficient (Wildman–Crippen LogP) is 5.96. The second kappa shape index (κ2) is 10.2. The first kappa shape index (κ1) is 27.0. The highest BCUT2D eigenvalue weighted by atomic mass is 16.7. The first-order chi connectivity index (χ1) is 22.0. The van der Waals surface area contributed by atoms with Gasteiger partial charge in [-0.05, 0) is 59.2 Å². The lowest BCUT2D eigenvalue weighted by atomic mass is 9.62. The molecule has 0 unspecified atom stereocenters. The Morgan fingerprint density at radius 3 is 2.62 bits per heavy atom. The van der Waals surface area contributed by atoms with Crippen molar-refractivity contribution in [2.75, 3.05) is 18.7 Å². The quantitative estimate of drug-likeness (QED) is 0.208. The number of amides is 1. The minimum atomic E-state index is -1.45. The second-order valence-electron chi connectivity index (χ2n) is 11.5. The molecule has 4 aromatic carbocycles. The van der Waals surface area contributed by atoms with Gasteiger partial charge < -0.3 is 24.4 Å². The van der Waals surface area contributed by atoms with Crippen molar-refractivity contribution in [1.82, 2.24) is 4.90 Å². The van der Waals surface area contributed by atoms with Gasteiger partial charge in [0.25, 0.3) is 0 Å². The van der Waals surface area contributed by atoms with E-state index in [4.69, 9.17) is 14.2 Å². The first-order valence-electron chi connectivity index (χ1n) is 14.8. The molecule has 1 fully saturated rings. The number of rotatable bonds is 7. The number of ketones is 2. The summed E-state index contributed by atoms with van der Waals surface area (Å²) in [6.45, 7) is 3.99. The fraction of sp³-hybridized carbons (Fsp3) is 0.162. The van der Waals surface area contributed by atoms with Gasteiger partial charge in [-0.15, -0.1) is 0 Å². The monoisotopic (exact) mass is 596 g/mol. The largest absolute Gasteiger partial charge is 0.489 e. The molecule has 0 aliphatic carbocycles. The molecule has 4 aromatic rings. The molecule has 1 spiro atoms. The van der Waals surface area contributed by atoms with Crippen LogP contribution < -0.4 is 19.5 Å². The normalized spacial score (nSPS) is 23.2. The zero-order valence-corrected chi connectivity index (χ0v) is 24.1. The van der Waals surface area contributed by atoms with Gasteiger partial charge in [-0.25, -0.2) is 0 Å². The average Bonchev–Trinajstić information content (AvgIpc) is 3.76. The highest BCUT2D eigenvalue weighted by Crippen LogP contribution is 2.62. The Hall–Kier alpha value is -5.63. The molecule has 4 aliphatic heterocycles. The lowest BCUT2D eigenvalue weighted by Gasteiger charge is -2.38. The molecule has 8 nitrogen and oxygen atoms in total. The van der Waals surface area contributed by atoms with E-state index in [1.807, 2.05) is 65.7 Å². The molecule has 8 heteroatoms. The zero-order chi connectivity index (χ0) is 30.7. The van der Waals surface area contributed by atoms with E-state index in [9.17, 15) is 9.59 Å². The zero-order valence-electron chi connectivity index (χ0n) is 24.1. The van der Waals surface area contributed by atoms with Crippen LogP contribution in [0.4, 0.5) is 5.69 Å². The minimum absolute atomic E-state index is 0.0623. The van der Waals surface area contributed by atoms with Gasteiger partial charge in [0.2, 0.25) is 12.7 Å². The van der Waals surface area contributed by atoms with E-state index in [0.717, 1.165) is 11.1 Å². The summed E-state index contributed by atoms with van der Waals surface area (Å²) in [4.78, 5) is 46.7. The van der Waals surface area contributed by atoms with Crippen molar-refractivity contribution in [2.45, 2.75) is 17.5 Å². The third-order valence-electron chi connectivity index (χ3n) is 9.29. The summed E-state index contributed by atoms with van der Waals surface area (Å²) in [6.07, 6.45) is 5.39. The molecule has 222 valence electrons. The van der Waals surface area contributed by atoms with Crippen LogP contribution in [-0.2, 0) is 10.2 Å². The molecule has 4 atom stereocenters. The van der Waals surface area contributed by atoms with Gasteiger partial charge >= 0.3 is 0 Å². The molecule has 4 aliphatic rings. The number of para-hydroxylation sites is 2. The Kier molecular flexibility index (Phi) is 6.13. The topological polar surface area (TPSA) is 94.2 Å². The van der Waals surface area contributed by atoms with Gasteiger partial charge in [-0.1, -0.05) is 67.3 Å². The molecule has 45 heavy (non-hydrogen) atoms. The number of benzene rings is 4. The molecule has 0 radical (unpaired) electrons. The standard InChI is InChI=1S/C37H28N2O6/c1-2-19-43-28-14-8-5-11-25(28)34(41)31-32(33(40)23-15-16-29-30(20-23)45-21-44-29)39-18-17-22-9-3-4-10-24(22)35(39)37(31)26-12-6-7-13-27(26)38-36(37)42/h2-18,20,31-32,35H,1,19,21H2,(H,38,42)/t31-,32+,35-,37-/m0/s1. The molecular formula is C37H28N2O6. The smallest absolute Gasteiger partial charge is 0.238 e.